The topological polar surface area (TPSA) is 133 Å². The largest absolute Gasteiger partial charge is 0.391 e. The lowest BCUT2D eigenvalue weighted by Gasteiger charge is -2.10. The van der Waals surface area contributed by atoms with Crippen LogP contribution in [0, 0.1) is 0 Å². The molecule has 0 amide bonds. The van der Waals surface area contributed by atoms with Crippen LogP contribution in [0.5, 0.6) is 0 Å². The Balaban J connectivity index is 1.71. The zero-order chi connectivity index (χ0) is 20.4. The van der Waals surface area contributed by atoms with Gasteiger partial charge in [0.15, 0.2) is 17.0 Å². The van der Waals surface area contributed by atoms with Gasteiger partial charge in [0, 0.05) is 39.5 Å². The van der Waals surface area contributed by atoms with Crippen molar-refractivity contribution in [3.8, 4) is 0 Å². The first-order valence-electron chi connectivity index (χ1n) is 9.11. The summed E-state index contributed by atoms with van der Waals surface area (Å²) >= 11 is 0. The van der Waals surface area contributed by atoms with Gasteiger partial charge in [-0.2, -0.15) is 4.98 Å². The van der Waals surface area contributed by atoms with Crippen molar-refractivity contribution in [2.45, 2.75) is 45.4 Å². The van der Waals surface area contributed by atoms with E-state index in [1.54, 1.807) is 7.05 Å². The molecular formula is C17H25N7O4. The van der Waals surface area contributed by atoms with E-state index in [9.17, 15) is 14.7 Å². The Morgan fingerprint density at radius 1 is 1.25 bits per heavy atom. The molecule has 0 aliphatic heterocycles. The van der Waals surface area contributed by atoms with E-state index in [-0.39, 0.29) is 24.1 Å². The van der Waals surface area contributed by atoms with Crippen molar-refractivity contribution in [1.82, 2.24) is 34.1 Å². The number of nitrogens with one attached hydrogen (secondary N) is 1. The fourth-order valence-electron chi connectivity index (χ4n) is 2.98. The number of hydrogen-bond acceptors (Lipinski definition) is 8. The molecule has 3 heterocycles. The highest BCUT2D eigenvalue weighted by Crippen LogP contribution is 2.09. The highest BCUT2D eigenvalue weighted by Gasteiger charge is 2.18. The van der Waals surface area contributed by atoms with E-state index < -0.39 is 17.4 Å². The van der Waals surface area contributed by atoms with Gasteiger partial charge in [-0.05, 0) is 0 Å². The molecule has 0 aliphatic carbocycles. The number of imidazole rings is 1. The van der Waals surface area contributed by atoms with Crippen LogP contribution in [-0.4, -0.2) is 52.6 Å². The number of aliphatic hydroxyl groups excluding tert-OH is 1. The molecule has 2 N–H and O–H groups in total. The Morgan fingerprint density at radius 3 is 2.71 bits per heavy atom. The molecule has 0 spiro atoms. The first kappa shape index (κ1) is 20.0. The Labute approximate surface area is 160 Å². The molecule has 3 aromatic rings. The van der Waals surface area contributed by atoms with Crippen molar-refractivity contribution in [2.75, 3.05) is 6.54 Å². The Bertz CT molecular complexity index is 1080. The van der Waals surface area contributed by atoms with Crippen LogP contribution in [0.2, 0.25) is 0 Å². The van der Waals surface area contributed by atoms with E-state index in [1.165, 1.54) is 22.5 Å². The van der Waals surface area contributed by atoms with E-state index in [0.717, 1.165) is 11.1 Å². The second-order valence-electron chi connectivity index (χ2n) is 7.10. The van der Waals surface area contributed by atoms with Gasteiger partial charge in [0.2, 0.25) is 5.89 Å². The van der Waals surface area contributed by atoms with Gasteiger partial charge in [-0.1, -0.05) is 19.0 Å². The van der Waals surface area contributed by atoms with Crippen molar-refractivity contribution >= 4 is 11.2 Å². The van der Waals surface area contributed by atoms with E-state index in [4.69, 9.17) is 4.52 Å². The maximum atomic E-state index is 12.4. The fourth-order valence-corrected chi connectivity index (χ4v) is 2.98. The lowest BCUT2D eigenvalue weighted by Crippen LogP contribution is -2.37. The minimum atomic E-state index is -0.849. The molecule has 11 nitrogen and oxygen atoms in total. The molecule has 152 valence electrons. The van der Waals surface area contributed by atoms with Crippen molar-refractivity contribution < 1.29 is 9.63 Å². The van der Waals surface area contributed by atoms with Crippen molar-refractivity contribution in [1.29, 1.82) is 0 Å². The van der Waals surface area contributed by atoms with E-state index >= 15 is 0 Å². The van der Waals surface area contributed by atoms with Crippen molar-refractivity contribution in [3.63, 3.8) is 0 Å². The normalized spacial score (nSPS) is 12.9. The zero-order valence-corrected chi connectivity index (χ0v) is 16.4. The fraction of sp³-hybridized carbons (Fsp3) is 0.588. The number of rotatable bonds is 8. The lowest BCUT2D eigenvalue weighted by atomic mass is 10.2. The van der Waals surface area contributed by atoms with Gasteiger partial charge in [0.1, 0.15) is 0 Å². The summed E-state index contributed by atoms with van der Waals surface area (Å²) in [6.07, 6.45) is 1.37. The number of nitrogens with zero attached hydrogens (tertiary/aromatic N) is 6. The summed E-state index contributed by atoms with van der Waals surface area (Å²) in [6, 6.07) is 0.376. The SMILES string of the molecule is CC(C)NCCc1nc(CC(O)Cn2cnc3c2c(=O)n(C)c(=O)n3C)no1. The minimum Gasteiger partial charge on any atom is -0.391 e. The molecule has 0 fully saturated rings. The van der Waals surface area contributed by atoms with Gasteiger partial charge in [-0.15, -0.1) is 0 Å². The molecular weight excluding hydrogens is 366 g/mol. The van der Waals surface area contributed by atoms with Crippen LogP contribution in [0.1, 0.15) is 25.6 Å². The third-order valence-corrected chi connectivity index (χ3v) is 4.44. The van der Waals surface area contributed by atoms with E-state index in [1.807, 2.05) is 0 Å². The Hall–Kier alpha value is -2.79. The summed E-state index contributed by atoms with van der Waals surface area (Å²) in [5, 5.41) is 17.6. The minimum absolute atomic E-state index is 0.114. The third kappa shape index (κ3) is 4.04. The third-order valence-electron chi connectivity index (χ3n) is 4.44. The monoisotopic (exact) mass is 391 g/mol. The smallest absolute Gasteiger partial charge is 0.332 e. The Kier molecular flexibility index (Phi) is 5.75. The predicted octanol–water partition coefficient (Wildman–Crippen LogP) is -1.04. The van der Waals surface area contributed by atoms with Gasteiger partial charge in [0.05, 0.1) is 19.0 Å². The van der Waals surface area contributed by atoms with Crippen LogP contribution in [0.4, 0.5) is 0 Å². The van der Waals surface area contributed by atoms with Gasteiger partial charge in [-0.25, -0.2) is 9.78 Å². The second kappa shape index (κ2) is 8.07. The lowest BCUT2D eigenvalue weighted by molar-refractivity contribution is 0.152. The van der Waals surface area contributed by atoms with Crippen LogP contribution >= 0.6 is 0 Å². The molecule has 3 rings (SSSR count). The molecule has 3 aromatic heterocycles. The highest BCUT2D eigenvalue weighted by molar-refractivity contribution is 5.69. The highest BCUT2D eigenvalue weighted by atomic mass is 16.5. The first-order chi connectivity index (χ1) is 13.3. The van der Waals surface area contributed by atoms with Gasteiger partial charge >= 0.3 is 5.69 Å². The molecule has 0 radical (unpaired) electrons. The van der Waals surface area contributed by atoms with Crippen LogP contribution in [-0.2, 0) is 33.5 Å². The molecule has 0 bridgehead atoms. The summed E-state index contributed by atoms with van der Waals surface area (Å²) in [7, 11) is 2.96. The quantitative estimate of drug-likeness (QED) is 0.498. The van der Waals surface area contributed by atoms with Gasteiger partial charge in [0.25, 0.3) is 5.56 Å². The molecule has 1 unspecified atom stereocenters. The number of hydrogen-bond donors (Lipinski definition) is 2. The Morgan fingerprint density at radius 2 is 2.00 bits per heavy atom. The molecule has 0 aliphatic rings. The summed E-state index contributed by atoms with van der Waals surface area (Å²) in [5.74, 6) is 0.907. The number of aryl methyl sites for hydroxylation is 1. The first-order valence-corrected chi connectivity index (χ1v) is 9.11. The van der Waals surface area contributed by atoms with Crippen LogP contribution in [0.15, 0.2) is 20.4 Å². The number of aliphatic hydroxyl groups is 1. The summed E-state index contributed by atoms with van der Waals surface area (Å²) in [4.78, 5) is 32.8. The summed E-state index contributed by atoms with van der Waals surface area (Å²) < 4.78 is 9.05. The standard InChI is InChI=1S/C17H25N7O4/c1-10(2)18-6-5-13-20-12(21-28-13)7-11(25)8-24-9-19-15-14(24)16(26)23(4)17(27)22(15)3/h9-11,18,25H,5-8H2,1-4H3. The average Bonchev–Trinajstić information content (AvgIpc) is 3.25. The van der Waals surface area contributed by atoms with Crippen molar-refractivity contribution in [2.24, 2.45) is 14.1 Å². The number of fused-ring (bicyclic) bond motifs is 1. The van der Waals surface area contributed by atoms with Crippen LogP contribution < -0.4 is 16.6 Å². The molecule has 28 heavy (non-hydrogen) atoms. The maximum absolute atomic E-state index is 12.4. The van der Waals surface area contributed by atoms with E-state index in [0.29, 0.717) is 24.2 Å². The maximum Gasteiger partial charge on any atom is 0.332 e. The molecule has 0 saturated heterocycles. The summed E-state index contributed by atoms with van der Waals surface area (Å²) in [5.41, 5.74) is -0.367. The number of aromatic nitrogens is 6. The van der Waals surface area contributed by atoms with Crippen LogP contribution in [0.25, 0.3) is 11.2 Å². The molecule has 11 heteroatoms. The molecule has 0 saturated carbocycles. The van der Waals surface area contributed by atoms with Gasteiger partial charge < -0.3 is 19.5 Å². The average molecular weight is 391 g/mol. The molecule has 0 aromatic carbocycles. The molecule has 1 atom stereocenters. The van der Waals surface area contributed by atoms with Crippen LogP contribution in [0.3, 0.4) is 0 Å². The van der Waals surface area contributed by atoms with Gasteiger partial charge in [-0.3, -0.25) is 13.9 Å². The second-order valence-corrected chi connectivity index (χ2v) is 7.10. The summed E-state index contributed by atoms with van der Waals surface area (Å²) in [6.45, 7) is 4.95. The predicted molar refractivity (Wildman–Crippen MR) is 101 cm³/mol. The van der Waals surface area contributed by atoms with Crippen molar-refractivity contribution in [3.05, 3.63) is 38.9 Å². The van der Waals surface area contributed by atoms with E-state index in [2.05, 4.69) is 34.3 Å². The zero-order valence-electron chi connectivity index (χ0n) is 16.4.